The van der Waals surface area contributed by atoms with E-state index in [9.17, 15) is 13.6 Å². The van der Waals surface area contributed by atoms with Crippen LogP contribution in [0.3, 0.4) is 0 Å². The monoisotopic (exact) mass is 301 g/mol. The van der Waals surface area contributed by atoms with Gasteiger partial charge in [0.15, 0.2) is 11.6 Å². The zero-order valence-electron chi connectivity index (χ0n) is 12.7. The van der Waals surface area contributed by atoms with Gasteiger partial charge in [0.25, 0.3) is 0 Å². The molecule has 6 heteroatoms. The molecular formula is C15H21F2NO3. The molecule has 4 nitrogen and oxygen atoms in total. The summed E-state index contributed by atoms with van der Waals surface area (Å²) in [5, 5.41) is 3.11. The van der Waals surface area contributed by atoms with E-state index in [0.29, 0.717) is 0 Å². The molecule has 0 saturated carbocycles. The van der Waals surface area contributed by atoms with Crippen LogP contribution in [-0.2, 0) is 9.53 Å². The Labute approximate surface area is 123 Å². The first-order chi connectivity index (χ1) is 9.78. The normalized spacial score (nSPS) is 13.9. The van der Waals surface area contributed by atoms with Crippen LogP contribution in [0.2, 0.25) is 0 Å². The Morgan fingerprint density at radius 1 is 1.38 bits per heavy atom. The molecule has 0 radical (unpaired) electrons. The van der Waals surface area contributed by atoms with Crippen LogP contribution >= 0.6 is 0 Å². The van der Waals surface area contributed by atoms with Crippen LogP contribution in [0.5, 0.6) is 5.75 Å². The lowest BCUT2D eigenvalue weighted by Crippen LogP contribution is -2.53. The summed E-state index contributed by atoms with van der Waals surface area (Å²) in [7, 11) is 1.31. The van der Waals surface area contributed by atoms with Gasteiger partial charge >= 0.3 is 5.97 Å². The molecule has 0 spiro atoms. The average molecular weight is 301 g/mol. The first-order valence-corrected chi connectivity index (χ1v) is 6.72. The number of benzene rings is 1. The number of esters is 1. The van der Waals surface area contributed by atoms with Crippen molar-refractivity contribution in [2.75, 3.05) is 13.7 Å². The topological polar surface area (TPSA) is 47.6 Å². The number of carbonyl (C=O) groups is 1. The van der Waals surface area contributed by atoms with Crippen molar-refractivity contribution in [3.63, 3.8) is 0 Å². The van der Waals surface area contributed by atoms with Crippen LogP contribution in [0, 0.1) is 11.6 Å². The molecule has 0 aromatic heterocycles. The summed E-state index contributed by atoms with van der Waals surface area (Å²) >= 11 is 0. The average Bonchev–Trinajstić information content (AvgIpc) is 2.39. The molecule has 0 amide bonds. The maximum atomic E-state index is 13.4. The molecule has 0 heterocycles. The Balaban J connectivity index is 2.67. The van der Waals surface area contributed by atoms with Gasteiger partial charge in [-0.3, -0.25) is 10.1 Å². The van der Waals surface area contributed by atoms with Crippen molar-refractivity contribution in [1.82, 2.24) is 5.32 Å². The van der Waals surface area contributed by atoms with E-state index < -0.39 is 23.1 Å². The minimum atomic E-state index is -0.931. The lowest BCUT2D eigenvalue weighted by molar-refractivity contribution is -0.148. The molecule has 0 fully saturated rings. The summed E-state index contributed by atoms with van der Waals surface area (Å²) in [5.41, 5.74) is -0.931. The maximum absolute atomic E-state index is 13.4. The second-order valence-electron chi connectivity index (χ2n) is 5.30. The molecule has 0 saturated heterocycles. The fourth-order valence-corrected chi connectivity index (χ4v) is 2.05. The lowest BCUT2D eigenvalue weighted by atomic mass is 9.97. The third-order valence-electron chi connectivity index (χ3n) is 3.00. The Morgan fingerprint density at radius 2 is 2.05 bits per heavy atom. The van der Waals surface area contributed by atoms with Crippen molar-refractivity contribution in [3.05, 3.63) is 29.8 Å². The van der Waals surface area contributed by atoms with E-state index in [2.05, 4.69) is 5.32 Å². The number of hydrogen-bond donors (Lipinski definition) is 1. The van der Waals surface area contributed by atoms with E-state index in [1.807, 2.05) is 13.8 Å². The Bertz CT molecular complexity index is 494. The van der Waals surface area contributed by atoms with Crippen molar-refractivity contribution in [1.29, 1.82) is 0 Å². The Kier molecular flexibility index (Phi) is 6.08. The SMILES string of the molecule is COC(=O)C(C)(CCOc1ccc(F)cc1F)NC(C)C. The highest BCUT2D eigenvalue weighted by molar-refractivity contribution is 5.80. The van der Waals surface area contributed by atoms with E-state index in [1.165, 1.54) is 13.2 Å². The van der Waals surface area contributed by atoms with E-state index in [-0.39, 0.29) is 24.8 Å². The van der Waals surface area contributed by atoms with Crippen LogP contribution in [-0.4, -0.2) is 31.3 Å². The third kappa shape index (κ3) is 4.97. The van der Waals surface area contributed by atoms with Crippen LogP contribution < -0.4 is 10.1 Å². The number of halogens is 2. The zero-order valence-corrected chi connectivity index (χ0v) is 12.7. The van der Waals surface area contributed by atoms with Gasteiger partial charge in [-0.25, -0.2) is 8.78 Å². The van der Waals surface area contributed by atoms with Crippen LogP contribution in [0.25, 0.3) is 0 Å². The first kappa shape index (κ1) is 17.4. The minimum Gasteiger partial charge on any atom is -0.490 e. The van der Waals surface area contributed by atoms with E-state index >= 15 is 0 Å². The first-order valence-electron chi connectivity index (χ1n) is 6.72. The summed E-state index contributed by atoms with van der Waals surface area (Å²) in [4.78, 5) is 11.9. The van der Waals surface area contributed by atoms with Crippen molar-refractivity contribution in [2.45, 2.75) is 38.8 Å². The second-order valence-corrected chi connectivity index (χ2v) is 5.30. The molecule has 0 bridgehead atoms. The zero-order chi connectivity index (χ0) is 16.0. The predicted octanol–water partition coefficient (Wildman–Crippen LogP) is 2.66. The molecule has 0 aliphatic rings. The highest BCUT2D eigenvalue weighted by Crippen LogP contribution is 2.20. The van der Waals surface area contributed by atoms with Gasteiger partial charge in [0.1, 0.15) is 11.4 Å². The number of nitrogens with one attached hydrogen (secondary N) is 1. The van der Waals surface area contributed by atoms with Gasteiger partial charge in [-0.15, -0.1) is 0 Å². The molecule has 0 aliphatic carbocycles. The second kappa shape index (κ2) is 7.36. The molecular weight excluding hydrogens is 280 g/mol. The van der Waals surface area contributed by atoms with Crippen molar-refractivity contribution >= 4 is 5.97 Å². The van der Waals surface area contributed by atoms with Gasteiger partial charge in [-0.05, 0) is 32.9 Å². The molecule has 0 aliphatic heterocycles. The Hall–Kier alpha value is -1.69. The summed E-state index contributed by atoms with van der Waals surface area (Å²) in [6.45, 7) is 5.60. The van der Waals surface area contributed by atoms with Crippen LogP contribution in [0.4, 0.5) is 8.78 Å². The van der Waals surface area contributed by atoms with Crippen molar-refractivity contribution in [2.24, 2.45) is 0 Å². The maximum Gasteiger partial charge on any atom is 0.325 e. The molecule has 118 valence electrons. The molecule has 1 aromatic carbocycles. The van der Waals surface area contributed by atoms with Crippen LogP contribution in [0.15, 0.2) is 18.2 Å². The smallest absolute Gasteiger partial charge is 0.325 e. The molecule has 21 heavy (non-hydrogen) atoms. The summed E-state index contributed by atoms with van der Waals surface area (Å²) < 4.78 is 36.3. The molecule has 1 unspecified atom stereocenters. The highest BCUT2D eigenvalue weighted by Gasteiger charge is 2.34. The number of carbonyl (C=O) groups excluding carboxylic acids is 1. The molecule has 1 atom stereocenters. The standard InChI is InChI=1S/C15H21F2NO3/c1-10(2)18-15(3,14(19)20-4)7-8-21-13-6-5-11(16)9-12(13)17/h5-6,9-10,18H,7-8H2,1-4H3. The Morgan fingerprint density at radius 3 is 2.57 bits per heavy atom. The summed E-state index contributed by atoms with van der Waals surface area (Å²) in [5.74, 6) is -1.90. The van der Waals surface area contributed by atoms with E-state index in [0.717, 1.165) is 12.1 Å². The van der Waals surface area contributed by atoms with Gasteiger partial charge in [-0.2, -0.15) is 0 Å². The number of hydrogen-bond acceptors (Lipinski definition) is 4. The van der Waals surface area contributed by atoms with Crippen LogP contribution in [0.1, 0.15) is 27.2 Å². The number of rotatable bonds is 7. The quantitative estimate of drug-likeness (QED) is 0.787. The summed E-state index contributed by atoms with van der Waals surface area (Å²) in [6.07, 6.45) is 0.286. The summed E-state index contributed by atoms with van der Waals surface area (Å²) in [6, 6.07) is 3.15. The lowest BCUT2D eigenvalue weighted by Gasteiger charge is -2.30. The van der Waals surface area contributed by atoms with Gasteiger partial charge in [0, 0.05) is 18.5 Å². The minimum absolute atomic E-state index is 0.0480. The van der Waals surface area contributed by atoms with Gasteiger partial charge in [-0.1, -0.05) is 0 Å². The van der Waals surface area contributed by atoms with Crippen molar-refractivity contribution in [3.8, 4) is 5.75 Å². The third-order valence-corrected chi connectivity index (χ3v) is 3.00. The van der Waals surface area contributed by atoms with Gasteiger partial charge in [0.05, 0.1) is 13.7 Å². The number of ether oxygens (including phenoxy) is 2. The van der Waals surface area contributed by atoms with Gasteiger partial charge in [0.2, 0.25) is 0 Å². The molecule has 1 rings (SSSR count). The van der Waals surface area contributed by atoms with Gasteiger partial charge < -0.3 is 9.47 Å². The number of methoxy groups -OCH3 is 1. The fourth-order valence-electron chi connectivity index (χ4n) is 2.05. The molecule has 1 aromatic rings. The largest absolute Gasteiger partial charge is 0.490 e. The van der Waals surface area contributed by atoms with Crippen molar-refractivity contribution < 1.29 is 23.0 Å². The molecule has 1 N–H and O–H groups in total. The fraction of sp³-hybridized carbons (Fsp3) is 0.533. The van der Waals surface area contributed by atoms with E-state index in [1.54, 1.807) is 6.92 Å². The van der Waals surface area contributed by atoms with E-state index in [4.69, 9.17) is 9.47 Å². The highest BCUT2D eigenvalue weighted by atomic mass is 19.1. The predicted molar refractivity (Wildman–Crippen MR) is 75.2 cm³/mol.